The van der Waals surface area contributed by atoms with Crippen LogP contribution in [-0.2, 0) is 14.3 Å². The Bertz CT molecular complexity index is 872. The molecule has 0 aliphatic rings. The van der Waals surface area contributed by atoms with Gasteiger partial charge in [-0.25, -0.2) is 9.59 Å². The number of carbonyl (C=O) groups is 3. The number of aromatic amines is 1. The minimum atomic E-state index is -0.759. The zero-order chi connectivity index (χ0) is 20.1. The molecule has 0 aliphatic carbocycles. The molecule has 0 saturated carbocycles. The molecule has 27 heavy (non-hydrogen) atoms. The smallest absolute Gasteiger partial charge is 0.355 e. The second-order valence-corrected chi connectivity index (χ2v) is 6.50. The number of amides is 1. The van der Waals surface area contributed by atoms with Gasteiger partial charge in [-0.05, 0) is 44.5 Å². The third-order valence-electron chi connectivity index (χ3n) is 3.60. The minimum Gasteiger partial charge on any atom is -0.462 e. The molecule has 7 nitrogen and oxygen atoms in total. The molecule has 0 aliphatic heterocycles. The zero-order valence-corrected chi connectivity index (χ0v) is 16.5. The largest absolute Gasteiger partial charge is 0.462 e. The van der Waals surface area contributed by atoms with Crippen LogP contribution in [-0.4, -0.2) is 36.0 Å². The fourth-order valence-electron chi connectivity index (χ4n) is 2.49. The Morgan fingerprint density at radius 1 is 1.04 bits per heavy atom. The molecule has 0 unspecified atom stereocenters. The molecule has 0 atom stereocenters. The molecule has 9 heteroatoms. The van der Waals surface area contributed by atoms with Gasteiger partial charge >= 0.3 is 11.9 Å². The number of benzene rings is 1. The van der Waals surface area contributed by atoms with Crippen molar-refractivity contribution >= 4 is 46.7 Å². The topological polar surface area (TPSA) is 97.5 Å². The molecule has 0 bridgehead atoms. The van der Waals surface area contributed by atoms with Crippen molar-refractivity contribution in [3.63, 3.8) is 0 Å². The van der Waals surface area contributed by atoms with Crippen molar-refractivity contribution in [3.05, 3.63) is 50.8 Å². The van der Waals surface area contributed by atoms with Crippen molar-refractivity contribution in [2.75, 3.05) is 18.5 Å². The third kappa shape index (κ3) is 5.24. The summed E-state index contributed by atoms with van der Waals surface area (Å²) >= 11 is 11.7. The van der Waals surface area contributed by atoms with Gasteiger partial charge < -0.3 is 19.8 Å². The van der Waals surface area contributed by atoms with Crippen molar-refractivity contribution < 1.29 is 23.9 Å². The van der Waals surface area contributed by atoms with Crippen LogP contribution in [0.4, 0.5) is 5.69 Å². The lowest BCUT2D eigenvalue weighted by Gasteiger charge is -2.07. The molecule has 1 aromatic carbocycles. The average molecular weight is 413 g/mol. The molecule has 2 aromatic rings. The van der Waals surface area contributed by atoms with Crippen LogP contribution in [0.25, 0.3) is 0 Å². The number of ether oxygens (including phenoxy) is 2. The number of hydrogen-bond donors (Lipinski definition) is 2. The van der Waals surface area contributed by atoms with Gasteiger partial charge in [0.2, 0.25) is 0 Å². The highest BCUT2D eigenvalue weighted by molar-refractivity contribution is 6.35. The number of rotatable bonds is 6. The van der Waals surface area contributed by atoms with Crippen molar-refractivity contribution in [2.45, 2.75) is 20.8 Å². The first-order valence-electron chi connectivity index (χ1n) is 8.02. The number of halogens is 2. The molecule has 0 saturated heterocycles. The number of esters is 2. The number of nitrogens with one attached hydrogen (secondary N) is 2. The molecular weight excluding hydrogens is 395 g/mol. The van der Waals surface area contributed by atoms with Gasteiger partial charge in [0.1, 0.15) is 5.69 Å². The van der Waals surface area contributed by atoms with Crippen molar-refractivity contribution in [3.8, 4) is 0 Å². The van der Waals surface area contributed by atoms with E-state index < -0.39 is 24.5 Å². The quantitative estimate of drug-likeness (QED) is 0.700. The number of aryl methyl sites for hydroxylation is 1. The summed E-state index contributed by atoms with van der Waals surface area (Å²) in [5.41, 5.74) is 1.63. The summed E-state index contributed by atoms with van der Waals surface area (Å²) < 4.78 is 9.98. The maximum atomic E-state index is 12.2. The van der Waals surface area contributed by atoms with Crippen LogP contribution in [0.2, 0.25) is 10.0 Å². The van der Waals surface area contributed by atoms with E-state index in [1.165, 1.54) is 18.2 Å². The fourth-order valence-corrected chi connectivity index (χ4v) is 3.02. The lowest BCUT2D eigenvalue weighted by atomic mass is 10.1. The number of aromatic nitrogens is 1. The van der Waals surface area contributed by atoms with Crippen LogP contribution in [0.5, 0.6) is 0 Å². The summed E-state index contributed by atoms with van der Waals surface area (Å²) in [4.78, 5) is 39.0. The predicted molar refractivity (Wildman–Crippen MR) is 102 cm³/mol. The molecule has 2 rings (SSSR count). The predicted octanol–water partition coefficient (Wildman–Crippen LogP) is 3.91. The second-order valence-electron chi connectivity index (χ2n) is 5.63. The molecule has 2 N–H and O–H groups in total. The molecule has 0 spiro atoms. The maximum Gasteiger partial charge on any atom is 0.355 e. The number of anilines is 1. The standard InChI is InChI=1S/C18H18Cl2N2O5/c1-4-26-17(24)15-9(2)16(21-10(15)3)18(25)27-8-14(23)22-13-6-11(19)5-12(20)7-13/h5-7,21H,4,8H2,1-3H3,(H,22,23). The number of H-pyrrole nitrogens is 1. The van der Waals surface area contributed by atoms with Gasteiger partial charge in [-0.3, -0.25) is 4.79 Å². The fraction of sp³-hybridized carbons (Fsp3) is 0.278. The molecule has 1 amide bonds. The van der Waals surface area contributed by atoms with Gasteiger partial charge in [0.05, 0.1) is 12.2 Å². The van der Waals surface area contributed by atoms with Gasteiger partial charge in [0.25, 0.3) is 5.91 Å². The van der Waals surface area contributed by atoms with Gasteiger partial charge in [0.15, 0.2) is 6.61 Å². The highest BCUT2D eigenvalue weighted by atomic mass is 35.5. The van der Waals surface area contributed by atoms with Crippen molar-refractivity contribution in [2.24, 2.45) is 0 Å². The minimum absolute atomic E-state index is 0.0918. The van der Waals surface area contributed by atoms with Gasteiger partial charge in [-0.15, -0.1) is 0 Å². The summed E-state index contributed by atoms with van der Waals surface area (Å²) in [5.74, 6) is -1.85. The van der Waals surface area contributed by atoms with Crippen LogP contribution in [0, 0.1) is 13.8 Å². The van der Waals surface area contributed by atoms with E-state index in [4.69, 9.17) is 32.7 Å². The normalized spacial score (nSPS) is 10.4. The van der Waals surface area contributed by atoms with Gasteiger partial charge in [-0.2, -0.15) is 0 Å². The third-order valence-corrected chi connectivity index (χ3v) is 4.04. The van der Waals surface area contributed by atoms with Crippen LogP contribution < -0.4 is 5.32 Å². The molecule has 0 radical (unpaired) electrons. The summed E-state index contributed by atoms with van der Waals surface area (Å²) in [6.07, 6.45) is 0. The molecule has 1 aromatic heterocycles. The lowest BCUT2D eigenvalue weighted by Crippen LogP contribution is -2.21. The van der Waals surface area contributed by atoms with E-state index in [2.05, 4.69) is 10.3 Å². The summed E-state index contributed by atoms with van der Waals surface area (Å²) in [5, 5.41) is 3.25. The lowest BCUT2D eigenvalue weighted by molar-refractivity contribution is -0.119. The van der Waals surface area contributed by atoms with E-state index >= 15 is 0 Å². The van der Waals surface area contributed by atoms with Crippen LogP contribution in [0.15, 0.2) is 18.2 Å². The van der Waals surface area contributed by atoms with E-state index in [0.29, 0.717) is 27.0 Å². The Hall–Kier alpha value is -2.51. The second kappa shape index (κ2) is 8.92. The Balaban J connectivity index is 2.02. The monoisotopic (exact) mass is 412 g/mol. The van der Waals surface area contributed by atoms with Crippen LogP contribution >= 0.6 is 23.2 Å². The zero-order valence-electron chi connectivity index (χ0n) is 14.9. The van der Waals surface area contributed by atoms with E-state index in [1.54, 1.807) is 20.8 Å². The Morgan fingerprint density at radius 2 is 1.67 bits per heavy atom. The Kier molecular flexibility index (Phi) is 6.87. The van der Waals surface area contributed by atoms with Crippen LogP contribution in [0.3, 0.4) is 0 Å². The molecular formula is C18H18Cl2N2O5. The maximum absolute atomic E-state index is 12.2. The first-order valence-corrected chi connectivity index (χ1v) is 8.77. The SMILES string of the molecule is CCOC(=O)c1c(C)[nH]c(C(=O)OCC(=O)Nc2cc(Cl)cc(Cl)c2)c1C. The Labute approximate surface area is 165 Å². The molecule has 1 heterocycles. The van der Waals surface area contributed by atoms with E-state index in [0.717, 1.165) is 0 Å². The van der Waals surface area contributed by atoms with E-state index in [1.807, 2.05) is 0 Å². The van der Waals surface area contributed by atoms with E-state index in [9.17, 15) is 14.4 Å². The summed E-state index contributed by atoms with van der Waals surface area (Å²) in [6.45, 7) is 4.63. The summed E-state index contributed by atoms with van der Waals surface area (Å²) in [6, 6.07) is 4.55. The van der Waals surface area contributed by atoms with Crippen LogP contribution in [0.1, 0.15) is 39.0 Å². The highest BCUT2D eigenvalue weighted by Gasteiger charge is 2.24. The molecule has 144 valence electrons. The number of carbonyl (C=O) groups excluding carboxylic acids is 3. The summed E-state index contributed by atoms with van der Waals surface area (Å²) in [7, 11) is 0. The van der Waals surface area contributed by atoms with Gasteiger partial charge in [0, 0.05) is 21.4 Å². The first-order chi connectivity index (χ1) is 12.7. The van der Waals surface area contributed by atoms with Crippen molar-refractivity contribution in [1.82, 2.24) is 4.98 Å². The number of hydrogen-bond acceptors (Lipinski definition) is 5. The van der Waals surface area contributed by atoms with E-state index in [-0.39, 0.29) is 17.9 Å². The first kappa shape index (κ1) is 20.8. The Morgan fingerprint density at radius 3 is 2.26 bits per heavy atom. The average Bonchev–Trinajstić information content (AvgIpc) is 2.86. The van der Waals surface area contributed by atoms with Crippen molar-refractivity contribution in [1.29, 1.82) is 0 Å². The molecule has 0 fully saturated rings. The highest BCUT2D eigenvalue weighted by Crippen LogP contribution is 2.23. The van der Waals surface area contributed by atoms with Gasteiger partial charge in [-0.1, -0.05) is 23.2 Å².